The van der Waals surface area contributed by atoms with Gasteiger partial charge in [-0.25, -0.2) is 0 Å². The standard InChI is InChI=1S/C17H25NO4S2/c1-3-22-8-4-7-18(11-12(2)17(20)21)16(19)15-13-5-9-23-14(13)6-10-24-15/h5,9,12,15H,3-4,6-8,10-11H2,1-2H3,(H,20,21). The van der Waals surface area contributed by atoms with Crippen LogP contribution in [-0.2, 0) is 20.7 Å². The number of rotatable bonds is 9. The highest BCUT2D eigenvalue weighted by Crippen LogP contribution is 2.40. The largest absolute Gasteiger partial charge is 0.481 e. The monoisotopic (exact) mass is 371 g/mol. The molecule has 0 saturated carbocycles. The third kappa shape index (κ3) is 4.97. The Morgan fingerprint density at radius 2 is 2.29 bits per heavy atom. The van der Waals surface area contributed by atoms with Crippen molar-refractivity contribution < 1.29 is 19.4 Å². The Morgan fingerprint density at radius 1 is 1.50 bits per heavy atom. The molecule has 1 aromatic rings. The molecule has 1 amide bonds. The third-order valence-corrected chi connectivity index (χ3v) is 6.27. The van der Waals surface area contributed by atoms with Crippen molar-refractivity contribution in [2.75, 3.05) is 32.1 Å². The Hall–Kier alpha value is -1.05. The van der Waals surface area contributed by atoms with Crippen LogP contribution in [0.1, 0.15) is 36.0 Å². The Bertz CT molecular complexity index is 561. The smallest absolute Gasteiger partial charge is 0.308 e. The highest BCUT2D eigenvalue weighted by Gasteiger charge is 2.32. The molecule has 0 radical (unpaired) electrons. The van der Waals surface area contributed by atoms with Crippen LogP contribution in [0.25, 0.3) is 0 Å². The summed E-state index contributed by atoms with van der Waals surface area (Å²) in [6.07, 6.45) is 1.73. The molecular formula is C17H25NO4S2. The number of carbonyl (C=O) groups excluding carboxylic acids is 1. The van der Waals surface area contributed by atoms with Crippen LogP contribution in [-0.4, -0.2) is 53.9 Å². The van der Waals surface area contributed by atoms with Crippen molar-refractivity contribution in [3.63, 3.8) is 0 Å². The first-order valence-electron chi connectivity index (χ1n) is 8.31. The van der Waals surface area contributed by atoms with E-state index in [1.54, 1.807) is 34.9 Å². The normalized spacial score (nSPS) is 18.0. The van der Waals surface area contributed by atoms with Crippen molar-refractivity contribution in [1.82, 2.24) is 4.90 Å². The fraction of sp³-hybridized carbons (Fsp3) is 0.647. The molecule has 0 saturated heterocycles. The number of carboxylic acid groups (broad SMARTS) is 1. The first-order chi connectivity index (χ1) is 11.5. The summed E-state index contributed by atoms with van der Waals surface area (Å²) in [5.74, 6) is -0.476. The van der Waals surface area contributed by atoms with Crippen molar-refractivity contribution in [3.05, 3.63) is 21.9 Å². The molecule has 2 rings (SSSR count). The number of carbonyl (C=O) groups is 2. The number of fused-ring (bicyclic) bond motifs is 1. The predicted octanol–water partition coefficient (Wildman–Crippen LogP) is 3.05. The summed E-state index contributed by atoms with van der Waals surface area (Å²) < 4.78 is 5.35. The Labute approximate surface area is 151 Å². The SMILES string of the molecule is CCOCCCN(CC(C)C(=O)O)C(=O)C1SCCc2sccc21. The van der Waals surface area contributed by atoms with Crippen molar-refractivity contribution in [2.24, 2.45) is 5.92 Å². The highest BCUT2D eigenvalue weighted by molar-refractivity contribution is 8.00. The number of carboxylic acids is 1. The Kier molecular flexibility index (Phi) is 7.58. The van der Waals surface area contributed by atoms with Crippen molar-refractivity contribution in [3.8, 4) is 0 Å². The van der Waals surface area contributed by atoms with Crippen molar-refractivity contribution in [1.29, 1.82) is 0 Å². The van der Waals surface area contributed by atoms with E-state index in [9.17, 15) is 14.7 Å². The van der Waals surface area contributed by atoms with Gasteiger partial charge in [-0.15, -0.1) is 23.1 Å². The average Bonchev–Trinajstić information content (AvgIpc) is 3.05. The fourth-order valence-electron chi connectivity index (χ4n) is 2.72. The van der Waals surface area contributed by atoms with Gasteiger partial charge in [-0.05, 0) is 42.5 Å². The van der Waals surface area contributed by atoms with Crippen LogP contribution in [0.4, 0.5) is 0 Å². The van der Waals surface area contributed by atoms with Gasteiger partial charge in [-0.2, -0.15) is 0 Å². The van der Waals surface area contributed by atoms with Crippen LogP contribution in [0.3, 0.4) is 0 Å². The molecule has 0 aliphatic carbocycles. The number of hydrogen-bond donors (Lipinski definition) is 1. The maximum atomic E-state index is 13.1. The van der Waals surface area contributed by atoms with E-state index < -0.39 is 11.9 Å². The lowest BCUT2D eigenvalue weighted by Gasteiger charge is -2.30. The molecule has 1 aliphatic heterocycles. The van der Waals surface area contributed by atoms with Gasteiger partial charge in [-0.3, -0.25) is 9.59 Å². The molecule has 0 aromatic carbocycles. The third-order valence-electron chi connectivity index (χ3n) is 4.05. The second kappa shape index (κ2) is 9.44. The van der Waals surface area contributed by atoms with E-state index in [0.717, 1.165) is 24.2 Å². The number of hydrogen-bond acceptors (Lipinski definition) is 5. The quantitative estimate of drug-likeness (QED) is 0.676. The van der Waals surface area contributed by atoms with Gasteiger partial charge in [0, 0.05) is 31.2 Å². The molecule has 0 fully saturated rings. The van der Waals surface area contributed by atoms with Gasteiger partial charge in [0.1, 0.15) is 5.25 Å². The zero-order valence-electron chi connectivity index (χ0n) is 14.2. The van der Waals surface area contributed by atoms with E-state index in [0.29, 0.717) is 19.8 Å². The van der Waals surface area contributed by atoms with Crippen LogP contribution in [0.5, 0.6) is 0 Å². The summed E-state index contributed by atoms with van der Waals surface area (Å²) in [4.78, 5) is 27.3. The number of aliphatic carboxylic acids is 1. The van der Waals surface area contributed by atoms with Crippen LogP contribution in [0.15, 0.2) is 11.4 Å². The zero-order chi connectivity index (χ0) is 17.5. The highest BCUT2D eigenvalue weighted by atomic mass is 32.2. The van der Waals surface area contributed by atoms with Crippen LogP contribution in [0.2, 0.25) is 0 Å². The first kappa shape index (κ1) is 19.3. The molecule has 1 N–H and O–H groups in total. The van der Waals surface area contributed by atoms with Gasteiger partial charge in [0.25, 0.3) is 0 Å². The summed E-state index contributed by atoms with van der Waals surface area (Å²) >= 11 is 3.37. The van der Waals surface area contributed by atoms with E-state index in [4.69, 9.17) is 4.74 Å². The minimum Gasteiger partial charge on any atom is -0.481 e. The van der Waals surface area contributed by atoms with Gasteiger partial charge in [-0.1, -0.05) is 6.92 Å². The number of thioether (sulfide) groups is 1. The summed E-state index contributed by atoms with van der Waals surface area (Å²) in [5, 5.41) is 11.0. The minimum atomic E-state index is -0.870. The lowest BCUT2D eigenvalue weighted by molar-refractivity contribution is -0.143. The molecule has 24 heavy (non-hydrogen) atoms. The van der Waals surface area contributed by atoms with Gasteiger partial charge in [0.2, 0.25) is 5.91 Å². The van der Waals surface area contributed by atoms with E-state index in [2.05, 4.69) is 0 Å². The van der Waals surface area contributed by atoms with Crippen molar-refractivity contribution >= 4 is 35.0 Å². The summed E-state index contributed by atoms with van der Waals surface area (Å²) in [6, 6.07) is 2.04. The molecule has 1 aromatic heterocycles. The average molecular weight is 372 g/mol. The molecule has 2 atom stereocenters. The second-order valence-electron chi connectivity index (χ2n) is 5.87. The molecule has 5 nitrogen and oxygen atoms in total. The molecule has 0 spiro atoms. The van der Waals surface area contributed by atoms with Gasteiger partial charge < -0.3 is 14.7 Å². The van der Waals surface area contributed by atoms with Crippen LogP contribution in [0, 0.1) is 5.92 Å². The zero-order valence-corrected chi connectivity index (χ0v) is 15.8. The first-order valence-corrected chi connectivity index (χ1v) is 10.2. The molecule has 7 heteroatoms. The maximum absolute atomic E-state index is 13.1. The van der Waals surface area contributed by atoms with E-state index in [-0.39, 0.29) is 17.7 Å². The second-order valence-corrected chi connectivity index (χ2v) is 8.09. The van der Waals surface area contributed by atoms with E-state index >= 15 is 0 Å². The van der Waals surface area contributed by atoms with Gasteiger partial charge >= 0.3 is 5.97 Å². The minimum absolute atomic E-state index is 0.0314. The Morgan fingerprint density at radius 3 is 3.00 bits per heavy atom. The number of nitrogens with zero attached hydrogens (tertiary/aromatic N) is 1. The van der Waals surface area contributed by atoms with Gasteiger partial charge in [0.05, 0.1) is 5.92 Å². The maximum Gasteiger partial charge on any atom is 0.308 e. The lowest BCUT2D eigenvalue weighted by Crippen LogP contribution is -2.40. The topological polar surface area (TPSA) is 66.8 Å². The fourth-order valence-corrected chi connectivity index (χ4v) is 5.09. The summed E-state index contributed by atoms with van der Waals surface area (Å²) in [7, 11) is 0. The lowest BCUT2D eigenvalue weighted by atomic mass is 10.1. The molecule has 134 valence electrons. The number of amides is 1. The van der Waals surface area contributed by atoms with Crippen LogP contribution >= 0.6 is 23.1 Å². The molecule has 0 bridgehead atoms. The summed E-state index contributed by atoms with van der Waals surface area (Å²) in [6.45, 7) is 5.60. The number of aryl methyl sites for hydroxylation is 1. The molecule has 2 unspecified atom stereocenters. The molecular weight excluding hydrogens is 346 g/mol. The van der Waals surface area contributed by atoms with Crippen LogP contribution < -0.4 is 0 Å². The van der Waals surface area contributed by atoms with E-state index in [1.807, 2.05) is 18.4 Å². The Balaban J connectivity index is 2.07. The summed E-state index contributed by atoms with van der Waals surface area (Å²) in [5.41, 5.74) is 1.11. The molecule has 2 heterocycles. The number of thiophene rings is 1. The van der Waals surface area contributed by atoms with Crippen molar-refractivity contribution in [2.45, 2.75) is 31.9 Å². The molecule has 1 aliphatic rings. The van der Waals surface area contributed by atoms with E-state index in [1.165, 1.54) is 4.88 Å². The van der Waals surface area contributed by atoms with Gasteiger partial charge in [0.15, 0.2) is 0 Å². The number of ether oxygens (including phenoxy) is 1. The predicted molar refractivity (Wildman–Crippen MR) is 97.7 cm³/mol.